The summed E-state index contributed by atoms with van der Waals surface area (Å²) in [5, 5.41) is 13.7. The lowest BCUT2D eigenvalue weighted by Crippen LogP contribution is -2.43. The van der Waals surface area contributed by atoms with Crippen LogP contribution in [0.4, 0.5) is 5.82 Å². The van der Waals surface area contributed by atoms with Gasteiger partial charge in [-0.1, -0.05) is 0 Å². The molecule has 3 saturated heterocycles. The quantitative estimate of drug-likeness (QED) is 0.768. The van der Waals surface area contributed by atoms with Gasteiger partial charge in [0.05, 0.1) is 0 Å². The summed E-state index contributed by atoms with van der Waals surface area (Å²) in [5.74, 6) is 2.78. The van der Waals surface area contributed by atoms with Gasteiger partial charge in [0, 0.05) is 45.1 Å². The number of carbonyl (C=O) groups excluding carboxylic acids is 1. The number of piperidine rings is 2. The average molecular weight is 398 g/mol. The van der Waals surface area contributed by atoms with E-state index in [1.54, 1.807) is 0 Å². The van der Waals surface area contributed by atoms with E-state index in [0.29, 0.717) is 11.8 Å². The molecule has 2 aromatic rings. The van der Waals surface area contributed by atoms with Crippen LogP contribution >= 0.6 is 0 Å². The molecule has 5 rings (SSSR count). The zero-order valence-electron chi connectivity index (χ0n) is 17.2. The van der Waals surface area contributed by atoms with Gasteiger partial charge in [-0.2, -0.15) is 4.52 Å². The van der Waals surface area contributed by atoms with Crippen LogP contribution in [-0.2, 0) is 4.79 Å². The highest BCUT2D eigenvalue weighted by Gasteiger charge is 2.26. The number of hydrogen-bond acceptors (Lipinski definition) is 6. The number of likely N-dealkylation sites (tertiary alicyclic amines) is 2. The molecule has 8 heteroatoms. The van der Waals surface area contributed by atoms with Crippen molar-refractivity contribution in [3.05, 3.63) is 18.0 Å². The third-order valence-electron chi connectivity index (χ3n) is 6.76. The van der Waals surface area contributed by atoms with Crippen LogP contribution in [0.15, 0.2) is 12.1 Å². The van der Waals surface area contributed by atoms with Gasteiger partial charge in [0.2, 0.25) is 5.91 Å². The summed E-state index contributed by atoms with van der Waals surface area (Å²) in [6.45, 7) is 7.07. The first-order valence-corrected chi connectivity index (χ1v) is 11.3. The second-order valence-corrected chi connectivity index (χ2v) is 8.67. The lowest BCUT2D eigenvalue weighted by molar-refractivity contribution is -0.133. The molecule has 0 bridgehead atoms. The molecule has 5 heterocycles. The molecule has 0 aromatic carbocycles. The van der Waals surface area contributed by atoms with E-state index in [9.17, 15) is 4.79 Å². The maximum atomic E-state index is 12.0. The van der Waals surface area contributed by atoms with Crippen molar-refractivity contribution in [1.82, 2.24) is 29.6 Å². The molecule has 0 aliphatic carbocycles. The van der Waals surface area contributed by atoms with Crippen molar-refractivity contribution in [2.75, 3.05) is 50.7 Å². The number of rotatable bonds is 5. The number of hydrogen-bond donors (Lipinski definition) is 0. The number of anilines is 1. The Morgan fingerprint density at radius 3 is 2.48 bits per heavy atom. The summed E-state index contributed by atoms with van der Waals surface area (Å²) in [6.07, 6.45) is 7.58. The molecule has 0 spiro atoms. The van der Waals surface area contributed by atoms with Crippen molar-refractivity contribution in [1.29, 1.82) is 0 Å². The van der Waals surface area contributed by atoms with Gasteiger partial charge in [-0.3, -0.25) is 4.79 Å². The zero-order chi connectivity index (χ0) is 19.6. The van der Waals surface area contributed by atoms with Gasteiger partial charge in [-0.25, -0.2) is 0 Å². The van der Waals surface area contributed by atoms with Gasteiger partial charge in [-0.15, -0.1) is 15.3 Å². The molecule has 8 nitrogen and oxygen atoms in total. The highest BCUT2D eigenvalue weighted by molar-refractivity contribution is 5.76. The maximum Gasteiger partial charge on any atom is 0.222 e. The summed E-state index contributed by atoms with van der Waals surface area (Å²) in [5.41, 5.74) is 0.842. The number of carbonyl (C=O) groups is 1. The Labute approximate surface area is 171 Å². The Balaban J connectivity index is 1.21. The van der Waals surface area contributed by atoms with Crippen LogP contribution in [-0.4, -0.2) is 81.3 Å². The standard InChI is InChI=1S/C21H31N7O/c29-20-5-1-2-12-27(20)16-15-25-13-8-17(9-14-25)21-23-22-18-6-7-19(24-28(18)21)26-10-3-4-11-26/h6-7,17H,1-5,8-16H2. The van der Waals surface area contributed by atoms with Crippen LogP contribution in [0.5, 0.6) is 0 Å². The van der Waals surface area contributed by atoms with Crippen LogP contribution in [0.25, 0.3) is 5.65 Å². The summed E-state index contributed by atoms with van der Waals surface area (Å²) < 4.78 is 1.97. The van der Waals surface area contributed by atoms with E-state index in [1.807, 2.05) is 15.5 Å². The Bertz CT molecular complexity index is 852. The SMILES string of the molecule is O=C1CCCCN1CCN1CCC(c2nnc3ccc(N4CCCC4)nn23)CC1. The van der Waals surface area contributed by atoms with Crippen molar-refractivity contribution in [3.8, 4) is 0 Å². The fraction of sp³-hybridized carbons (Fsp3) is 0.714. The zero-order valence-corrected chi connectivity index (χ0v) is 17.2. The van der Waals surface area contributed by atoms with E-state index in [-0.39, 0.29) is 0 Å². The van der Waals surface area contributed by atoms with Gasteiger partial charge >= 0.3 is 0 Å². The van der Waals surface area contributed by atoms with Crippen LogP contribution in [0.2, 0.25) is 0 Å². The Morgan fingerprint density at radius 1 is 0.897 bits per heavy atom. The third-order valence-corrected chi connectivity index (χ3v) is 6.76. The second-order valence-electron chi connectivity index (χ2n) is 8.67. The summed E-state index contributed by atoms with van der Waals surface area (Å²) in [6, 6.07) is 4.12. The summed E-state index contributed by atoms with van der Waals surface area (Å²) in [7, 11) is 0. The molecule has 0 radical (unpaired) electrons. The lowest BCUT2D eigenvalue weighted by atomic mass is 9.96. The van der Waals surface area contributed by atoms with Gasteiger partial charge in [0.15, 0.2) is 11.5 Å². The number of fused-ring (bicyclic) bond motifs is 1. The Morgan fingerprint density at radius 2 is 1.69 bits per heavy atom. The smallest absolute Gasteiger partial charge is 0.222 e. The topological polar surface area (TPSA) is 69.9 Å². The molecule has 3 fully saturated rings. The highest BCUT2D eigenvalue weighted by atomic mass is 16.2. The third kappa shape index (κ3) is 3.95. The second kappa shape index (κ2) is 8.26. The lowest BCUT2D eigenvalue weighted by Gasteiger charge is -2.34. The van der Waals surface area contributed by atoms with Crippen LogP contribution < -0.4 is 4.90 Å². The minimum atomic E-state index is 0.334. The molecule has 0 atom stereocenters. The predicted octanol–water partition coefficient (Wildman–Crippen LogP) is 1.92. The minimum absolute atomic E-state index is 0.334. The molecule has 3 aliphatic heterocycles. The summed E-state index contributed by atoms with van der Waals surface area (Å²) in [4.78, 5) is 18.9. The van der Waals surface area contributed by atoms with Gasteiger partial charge in [-0.05, 0) is 63.7 Å². The van der Waals surface area contributed by atoms with Crippen molar-refractivity contribution in [2.45, 2.75) is 50.9 Å². The predicted molar refractivity (Wildman–Crippen MR) is 111 cm³/mol. The highest BCUT2D eigenvalue weighted by Crippen LogP contribution is 2.27. The monoisotopic (exact) mass is 397 g/mol. The molecule has 0 N–H and O–H groups in total. The molecular formula is C21H31N7O. The van der Waals surface area contributed by atoms with Crippen molar-refractivity contribution in [2.24, 2.45) is 0 Å². The molecule has 1 amide bonds. The molecule has 2 aromatic heterocycles. The molecule has 0 saturated carbocycles. The molecule has 156 valence electrons. The molecular weight excluding hydrogens is 366 g/mol. The molecule has 3 aliphatic rings. The van der Waals surface area contributed by atoms with E-state index in [1.165, 1.54) is 12.8 Å². The van der Waals surface area contributed by atoms with Crippen molar-refractivity contribution < 1.29 is 4.79 Å². The first-order valence-electron chi connectivity index (χ1n) is 11.3. The van der Waals surface area contributed by atoms with E-state index < -0.39 is 0 Å². The maximum absolute atomic E-state index is 12.0. The summed E-state index contributed by atoms with van der Waals surface area (Å²) >= 11 is 0. The van der Waals surface area contributed by atoms with E-state index in [4.69, 9.17) is 5.10 Å². The fourth-order valence-corrected chi connectivity index (χ4v) is 4.94. The van der Waals surface area contributed by atoms with E-state index >= 15 is 0 Å². The number of aromatic nitrogens is 4. The number of nitrogens with zero attached hydrogens (tertiary/aromatic N) is 7. The Kier molecular flexibility index (Phi) is 5.35. The van der Waals surface area contributed by atoms with Gasteiger partial charge in [0.25, 0.3) is 0 Å². The van der Waals surface area contributed by atoms with Crippen LogP contribution in [0.1, 0.15) is 56.7 Å². The Hall–Kier alpha value is -2.22. The van der Waals surface area contributed by atoms with E-state index in [0.717, 1.165) is 95.2 Å². The molecule has 29 heavy (non-hydrogen) atoms. The van der Waals surface area contributed by atoms with Gasteiger partial charge < -0.3 is 14.7 Å². The first-order chi connectivity index (χ1) is 14.3. The van der Waals surface area contributed by atoms with E-state index in [2.05, 4.69) is 26.1 Å². The first kappa shape index (κ1) is 18.8. The van der Waals surface area contributed by atoms with Gasteiger partial charge in [0.1, 0.15) is 5.82 Å². The fourth-order valence-electron chi connectivity index (χ4n) is 4.94. The molecule has 0 unspecified atom stereocenters. The average Bonchev–Trinajstić information content (AvgIpc) is 3.43. The minimum Gasteiger partial charge on any atom is -0.355 e. The normalized spacial score (nSPS) is 22.1. The van der Waals surface area contributed by atoms with Crippen LogP contribution in [0, 0.1) is 0 Å². The largest absolute Gasteiger partial charge is 0.355 e. The van der Waals surface area contributed by atoms with Crippen LogP contribution in [0.3, 0.4) is 0 Å². The van der Waals surface area contributed by atoms with Crippen molar-refractivity contribution in [3.63, 3.8) is 0 Å². The van der Waals surface area contributed by atoms with Crippen molar-refractivity contribution >= 4 is 17.4 Å². The number of amides is 1.